The van der Waals surface area contributed by atoms with Crippen LogP contribution >= 0.6 is 0 Å². The van der Waals surface area contributed by atoms with Gasteiger partial charge < -0.3 is 15.7 Å². The van der Waals surface area contributed by atoms with Crippen molar-refractivity contribution in [3.63, 3.8) is 0 Å². The van der Waals surface area contributed by atoms with E-state index in [0.29, 0.717) is 17.9 Å². The summed E-state index contributed by atoms with van der Waals surface area (Å²) in [5.41, 5.74) is 9.72. The lowest BCUT2D eigenvalue weighted by atomic mass is 10.1. The molecule has 0 saturated heterocycles. The van der Waals surface area contributed by atoms with E-state index in [1.807, 2.05) is 26.0 Å². The van der Waals surface area contributed by atoms with Crippen LogP contribution in [-0.4, -0.2) is 11.0 Å². The number of amidine groups is 1. The third kappa shape index (κ3) is 3.09. The second-order valence-corrected chi connectivity index (χ2v) is 4.70. The second kappa shape index (κ2) is 6.10. The van der Waals surface area contributed by atoms with E-state index in [1.54, 1.807) is 12.1 Å². The molecule has 2 aromatic rings. The SMILES string of the molecule is Cc1ccc(C)c(COc2ccccc2C(N)=NO)c1. The smallest absolute Gasteiger partial charge is 0.173 e. The third-order valence-electron chi connectivity index (χ3n) is 3.16. The number of benzene rings is 2. The van der Waals surface area contributed by atoms with Crippen LogP contribution in [0.2, 0.25) is 0 Å². The van der Waals surface area contributed by atoms with Crippen LogP contribution in [0, 0.1) is 13.8 Å². The molecule has 0 unspecified atom stereocenters. The van der Waals surface area contributed by atoms with Crippen LogP contribution in [0.3, 0.4) is 0 Å². The van der Waals surface area contributed by atoms with Crippen molar-refractivity contribution in [3.8, 4) is 5.75 Å². The Hall–Kier alpha value is -2.49. The van der Waals surface area contributed by atoms with Gasteiger partial charge in [-0.1, -0.05) is 41.1 Å². The lowest BCUT2D eigenvalue weighted by Gasteiger charge is -2.12. The highest BCUT2D eigenvalue weighted by atomic mass is 16.5. The van der Waals surface area contributed by atoms with Gasteiger partial charge in [-0.3, -0.25) is 0 Å². The van der Waals surface area contributed by atoms with Gasteiger partial charge in [-0.25, -0.2) is 0 Å². The minimum absolute atomic E-state index is 0.0431. The topological polar surface area (TPSA) is 67.8 Å². The summed E-state index contributed by atoms with van der Waals surface area (Å²) in [4.78, 5) is 0. The monoisotopic (exact) mass is 270 g/mol. The lowest BCUT2D eigenvalue weighted by Crippen LogP contribution is -2.14. The fourth-order valence-corrected chi connectivity index (χ4v) is 1.97. The maximum Gasteiger partial charge on any atom is 0.173 e. The van der Waals surface area contributed by atoms with Crippen molar-refractivity contribution in [2.24, 2.45) is 10.9 Å². The molecular formula is C16H18N2O2. The molecule has 0 heterocycles. The van der Waals surface area contributed by atoms with E-state index in [1.165, 1.54) is 11.1 Å². The van der Waals surface area contributed by atoms with Gasteiger partial charge >= 0.3 is 0 Å². The number of hydrogen-bond donors (Lipinski definition) is 2. The Balaban J connectivity index is 2.21. The summed E-state index contributed by atoms with van der Waals surface area (Å²) in [6.07, 6.45) is 0. The zero-order valence-electron chi connectivity index (χ0n) is 11.6. The summed E-state index contributed by atoms with van der Waals surface area (Å²) in [6, 6.07) is 13.5. The van der Waals surface area contributed by atoms with E-state index in [4.69, 9.17) is 15.7 Å². The fraction of sp³-hybridized carbons (Fsp3) is 0.188. The van der Waals surface area contributed by atoms with E-state index in [9.17, 15) is 0 Å². The van der Waals surface area contributed by atoms with E-state index in [0.717, 1.165) is 5.56 Å². The Morgan fingerprint density at radius 3 is 2.70 bits per heavy atom. The van der Waals surface area contributed by atoms with Crippen LogP contribution in [0.1, 0.15) is 22.3 Å². The Bertz CT molecular complexity index is 636. The molecule has 0 aliphatic heterocycles. The minimum Gasteiger partial charge on any atom is -0.488 e. The Morgan fingerprint density at radius 1 is 1.20 bits per heavy atom. The van der Waals surface area contributed by atoms with Crippen molar-refractivity contribution in [3.05, 3.63) is 64.7 Å². The summed E-state index contributed by atoms with van der Waals surface area (Å²) in [5.74, 6) is 0.644. The van der Waals surface area contributed by atoms with Crippen molar-refractivity contribution in [1.82, 2.24) is 0 Å². The predicted octanol–water partition coefficient (Wildman–Crippen LogP) is 2.98. The largest absolute Gasteiger partial charge is 0.488 e. The van der Waals surface area contributed by atoms with Crippen LogP contribution in [0.5, 0.6) is 5.75 Å². The number of para-hydroxylation sites is 1. The number of nitrogens with two attached hydrogens (primary N) is 1. The Morgan fingerprint density at radius 2 is 1.95 bits per heavy atom. The van der Waals surface area contributed by atoms with Gasteiger partial charge in [-0.2, -0.15) is 0 Å². The highest BCUT2D eigenvalue weighted by Gasteiger charge is 2.08. The van der Waals surface area contributed by atoms with E-state index in [-0.39, 0.29) is 5.84 Å². The van der Waals surface area contributed by atoms with Gasteiger partial charge in [0.05, 0.1) is 5.56 Å². The standard InChI is InChI=1S/C16H18N2O2/c1-11-7-8-12(2)13(9-11)10-20-15-6-4-3-5-14(15)16(17)18-19/h3-9,19H,10H2,1-2H3,(H2,17,18). The third-order valence-corrected chi connectivity index (χ3v) is 3.16. The van der Waals surface area contributed by atoms with E-state index in [2.05, 4.69) is 23.4 Å². The number of hydrogen-bond acceptors (Lipinski definition) is 3. The maximum atomic E-state index is 8.79. The van der Waals surface area contributed by atoms with Gasteiger partial charge in [0, 0.05) is 0 Å². The summed E-state index contributed by atoms with van der Waals surface area (Å²) >= 11 is 0. The molecule has 0 aliphatic carbocycles. The van der Waals surface area contributed by atoms with Crippen LogP contribution < -0.4 is 10.5 Å². The molecular weight excluding hydrogens is 252 g/mol. The molecule has 3 N–H and O–H groups in total. The molecule has 0 amide bonds. The molecule has 0 fully saturated rings. The van der Waals surface area contributed by atoms with Crippen molar-refractivity contribution >= 4 is 5.84 Å². The number of nitrogens with zero attached hydrogens (tertiary/aromatic N) is 1. The molecule has 104 valence electrons. The predicted molar refractivity (Wildman–Crippen MR) is 79.2 cm³/mol. The van der Waals surface area contributed by atoms with E-state index >= 15 is 0 Å². The Labute approximate surface area is 118 Å². The van der Waals surface area contributed by atoms with Gasteiger partial charge in [0.25, 0.3) is 0 Å². The van der Waals surface area contributed by atoms with Crippen LogP contribution in [0.15, 0.2) is 47.6 Å². The average Bonchev–Trinajstić information content (AvgIpc) is 2.47. The molecule has 4 nitrogen and oxygen atoms in total. The van der Waals surface area contributed by atoms with Crippen molar-refractivity contribution < 1.29 is 9.94 Å². The molecule has 0 spiro atoms. The first kappa shape index (κ1) is 13.9. The summed E-state index contributed by atoms with van der Waals surface area (Å²) in [6.45, 7) is 4.55. The molecule has 2 rings (SSSR count). The number of rotatable bonds is 4. The van der Waals surface area contributed by atoms with Gasteiger partial charge in [0.15, 0.2) is 5.84 Å². The van der Waals surface area contributed by atoms with Crippen LogP contribution in [0.25, 0.3) is 0 Å². The quantitative estimate of drug-likeness (QED) is 0.388. The molecule has 0 bridgehead atoms. The first-order chi connectivity index (χ1) is 9.61. The molecule has 0 atom stereocenters. The molecule has 0 aliphatic rings. The first-order valence-corrected chi connectivity index (χ1v) is 6.37. The van der Waals surface area contributed by atoms with Crippen LogP contribution in [-0.2, 0) is 6.61 Å². The summed E-state index contributed by atoms with van der Waals surface area (Å²) in [5, 5.41) is 11.8. The average molecular weight is 270 g/mol. The fourth-order valence-electron chi connectivity index (χ4n) is 1.97. The van der Waals surface area contributed by atoms with Crippen LogP contribution in [0.4, 0.5) is 0 Å². The van der Waals surface area contributed by atoms with Crippen molar-refractivity contribution in [1.29, 1.82) is 0 Å². The molecule has 0 radical (unpaired) electrons. The van der Waals surface area contributed by atoms with Gasteiger partial charge in [0.2, 0.25) is 0 Å². The van der Waals surface area contributed by atoms with Crippen molar-refractivity contribution in [2.45, 2.75) is 20.5 Å². The zero-order valence-corrected chi connectivity index (χ0v) is 11.6. The number of ether oxygens (including phenoxy) is 1. The maximum absolute atomic E-state index is 8.79. The summed E-state index contributed by atoms with van der Waals surface area (Å²) in [7, 11) is 0. The molecule has 0 aromatic heterocycles. The minimum atomic E-state index is 0.0431. The summed E-state index contributed by atoms with van der Waals surface area (Å²) < 4.78 is 5.81. The first-order valence-electron chi connectivity index (χ1n) is 6.37. The second-order valence-electron chi connectivity index (χ2n) is 4.70. The van der Waals surface area contributed by atoms with Gasteiger partial charge in [-0.15, -0.1) is 0 Å². The number of oxime groups is 1. The molecule has 0 saturated carbocycles. The molecule has 2 aromatic carbocycles. The number of aryl methyl sites for hydroxylation is 2. The molecule has 20 heavy (non-hydrogen) atoms. The van der Waals surface area contributed by atoms with Gasteiger partial charge in [0.1, 0.15) is 12.4 Å². The van der Waals surface area contributed by atoms with E-state index < -0.39 is 0 Å². The van der Waals surface area contributed by atoms with Crippen molar-refractivity contribution in [2.75, 3.05) is 0 Å². The zero-order chi connectivity index (χ0) is 14.5. The highest BCUT2D eigenvalue weighted by molar-refractivity contribution is 5.99. The highest BCUT2D eigenvalue weighted by Crippen LogP contribution is 2.20. The Kier molecular flexibility index (Phi) is 4.25. The molecule has 4 heteroatoms. The normalized spacial score (nSPS) is 11.4. The van der Waals surface area contributed by atoms with Gasteiger partial charge in [-0.05, 0) is 37.1 Å². The lowest BCUT2D eigenvalue weighted by molar-refractivity contribution is 0.302.